The molecule has 31 heavy (non-hydrogen) atoms. The Balaban J connectivity index is 1.33. The molecule has 1 fully saturated rings. The molecule has 1 N–H and O–H groups in total. The van der Waals surface area contributed by atoms with E-state index in [0.29, 0.717) is 46.9 Å². The smallest absolute Gasteiger partial charge is 0.237 e. The number of nitrogens with one attached hydrogen (secondary N) is 1. The predicted molar refractivity (Wildman–Crippen MR) is 115 cm³/mol. The number of fused-ring (bicyclic) bond motifs is 1. The van der Waals surface area contributed by atoms with E-state index in [1.165, 1.54) is 17.8 Å². The number of aromatic nitrogens is 3. The second-order valence-corrected chi connectivity index (χ2v) is 8.80. The van der Waals surface area contributed by atoms with Gasteiger partial charge in [0, 0.05) is 17.8 Å². The average Bonchev–Trinajstić information content (AvgIpc) is 3.54. The molecular formula is C22H21FN4O3S. The molecule has 2 aromatic carbocycles. The van der Waals surface area contributed by atoms with Gasteiger partial charge in [0.15, 0.2) is 22.5 Å². The van der Waals surface area contributed by atoms with Gasteiger partial charge in [0.05, 0.1) is 10.8 Å². The van der Waals surface area contributed by atoms with Crippen molar-refractivity contribution in [3.8, 4) is 22.9 Å². The minimum absolute atomic E-state index is 0.167. The third kappa shape index (κ3) is 4.10. The van der Waals surface area contributed by atoms with Gasteiger partial charge >= 0.3 is 0 Å². The van der Waals surface area contributed by atoms with Crippen molar-refractivity contribution in [1.29, 1.82) is 0 Å². The highest BCUT2D eigenvalue weighted by atomic mass is 32.2. The zero-order valence-electron chi connectivity index (χ0n) is 16.9. The van der Waals surface area contributed by atoms with Crippen LogP contribution in [0.1, 0.15) is 25.8 Å². The van der Waals surface area contributed by atoms with Gasteiger partial charge in [0.2, 0.25) is 5.91 Å². The molecule has 0 radical (unpaired) electrons. The van der Waals surface area contributed by atoms with E-state index < -0.39 is 5.25 Å². The van der Waals surface area contributed by atoms with Crippen molar-refractivity contribution in [2.45, 2.75) is 36.2 Å². The van der Waals surface area contributed by atoms with Crippen LogP contribution in [0.4, 0.5) is 10.1 Å². The van der Waals surface area contributed by atoms with E-state index in [-0.39, 0.29) is 17.8 Å². The highest BCUT2D eigenvalue weighted by molar-refractivity contribution is 8.00. The Morgan fingerprint density at radius 1 is 1.16 bits per heavy atom. The molecule has 0 bridgehead atoms. The summed E-state index contributed by atoms with van der Waals surface area (Å²) in [6, 6.07) is 12.1. The molecule has 1 unspecified atom stereocenters. The maximum absolute atomic E-state index is 14.3. The van der Waals surface area contributed by atoms with Gasteiger partial charge in [0.1, 0.15) is 19.0 Å². The maximum Gasteiger partial charge on any atom is 0.237 e. The monoisotopic (exact) mass is 440 g/mol. The van der Waals surface area contributed by atoms with E-state index in [0.717, 1.165) is 12.8 Å². The summed E-state index contributed by atoms with van der Waals surface area (Å²) in [4.78, 5) is 12.8. The fourth-order valence-electron chi connectivity index (χ4n) is 3.42. The lowest BCUT2D eigenvalue weighted by molar-refractivity contribution is -0.115. The molecule has 1 aliphatic carbocycles. The first-order chi connectivity index (χ1) is 15.1. The third-order valence-corrected chi connectivity index (χ3v) is 6.21. The Morgan fingerprint density at radius 2 is 1.94 bits per heavy atom. The molecular weight excluding hydrogens is 419 g/mol. The van der Waals surface area contributed by atoms with Crippen LogP contribution in [-0.4, -0.2) is 39.1 Å². The number of amides is 1. The molecule has 0 spiro atoms. The quantitative estimate of drug-likeness (QED) is 0.576. The minimum Gasteiger partial charge on any atom is -0.486 e. The van der Waals surface area contributed by atoms with Gasteiger partial charge in [-0.15, -0.1) is 10.2 Å². The van der Waals surface area contributed by atoms with Crippen LogP contribution in [-0.2, 0) is 4.79 Å². The van der Waals surface area contributed by atoms with Crippen LogP contribution in [0.3, 0.4) is 0 Å². The van der Waals surface area contributed by atoms with Gasteiger partial charge in [-0.05, 0) is 44.0 Å². The highest BCUT2D eigenvalue weighted by Gasteiger charge is 2.32. The lowest BCUT2D eigenvalue weighted by Crippen LogP contribution is -2.23. The van der Waals surface area contributed by atoms with Gasteiger partial charge in [0.25, 0.3) is 0 Å². The second kappa shape index (κ2) is 8.22. The molecule has 1 aromatic heterocycles. The first-order valence-electron chi connectivity index (χ1n) is 10.2. The number of ether oxygens (including phenoxy) is 2. The summed E-state index contributed by atoms with van der Waals surface area (Å²) in [6.45, 7) is 2.81. The highest BCUT2D eigenvalue weighted by Crippen LogP contribution is 2.42. The summed E-state index contributed by atoms with van der Waals surface area (Å²) in [5.74, 6) is 1.29. The molecule has 7 nitrogen and oxygen atoms in total. The van der Waals surface area contributed by atoms with E-state index in [9.17, 15) is 9.18 Å². The molecule has 160 valence electrons. The number of hydrogen-bond donors (Lipinski definition) is 1. The van der Waals surface area contributed by atoms with Crippen molar-refractivity contribution in [3.05, 3.63) is 48.3 Å². The second-order valence-electron chi connectivity index (χ2n) is 7.49. The number of carbonyl (C=O) groups is 1. The van der Waals surface area contributed by atoms with Crippen molar-refractivity contribution >= 4 is 23.4 Å². The number of carbonyl (C=O) groups excluding carboxylic acids is 1. The molecule has 2 heterocycles. The van der Waals surface area contributed by atoms with Crippen LogP contribution in [0.15, 0.2) is 47.6 Å². The molecule has 1 amide bonds. The first kappa shape index (κ1) is 19.9. The summed E-state index contributed by atoms with van der Waals surface area (Å²) in [6.07, 6.45) is 1.98. The lowest BCUT2D eigenvalue weighted by Gasteiger charge is -2.19. The summed E-state index contributed by atoms with van der Waals surface area (Å²) >= 11 is 1.31. The number of benzene rings is 2. The molecule has 1 atom stereocenters. The van der Waals surface area contributed by atoms with Crippen molar-refractivity contribution in [2.24, 2.45) is 0 Å². The van der Waals surface area contributed by atoms with Crippen molar-refractivity contribution in [3.63, 3.8) is 0 Å². The Kier molecular flexibility index (Phi) is 5.27. The predicted octanol–water partition coefficient (Wildman–Crippen LogP) is 4.31. The van der Waals surface area contributed by atoms with Crippen molar-refractivity contribution in [2.75, 3.05) is 18.5 Å². The molecule has 1 saturated carbocycles. The third-order valence-electron chi connectivity index (χ3n) is 5.15. The number of rotatable bonds is 6. The van der Waals surface area contributed by atoms with Crippen LogP contribution >= 0.6 is 11.8 Å². The normalized spacial score (nSPS) is 16.1. The summed E-state index contributed by atoms with van der Waals surface area (Å²) in [7, 11) is 0. The van der Waals surface area contributed by atoms with E-state index in [1.54, 1.807) is 36.4 Å². The van der Waals surface area contributed by atoms with Crippen LogP contribution in [0.2, 0.25) is 0 Å². The van der Waals surface area contributed by atoms with Gasteiger partial charge in [-0.2, -0.15) is 0 Å². The molecule has 0 saturated heterocycles. The van der Waals surface area contributed by atoms with E-state index in [2.05, 4.69) is 15.5 Å². The zero-order chi connectivity index (χ0) is 21.4. The Hall–Kier alpha value is -3.07. The fraction of sp³-hybridized carbons (Fsp3) is 0.318. The van der Waals surface area contributed by atoms with Crippen LogP contribution in [0.25, 0.3) is 11.4 Å². The fourth-order valence-corrected chi connectivity index (χ4v) is 4.34. The van der Waals surface area contributed by atoms with Crippen LogP contribution in [0.5, 0.6) is 11.5 Å². The zero-order valence-corrected chi connectivity index (χ0v) is 17.7. The van der Waals surface area contributed by atoms with E-state index in [1.807, 2.05) is 11.5 Å². The van der Waals surface area contributed by atoms with Crippen LogP contribution in [0, 0.1) is 5.82 Å². The molecule has 1 aliphatic heterocycles. The van der Waals surface area contributed by atoms with Gasteiger partial charge in [-0.3, -0.25) is 9.36 Å². The van der Waals surface area contributed by atoms with Crippen molar-refractivity contribution in [1.82, 2.24) is 14.8 Å². The topological polar surface area (TPSA) is 78.3 Å². The maximum atomic E-state index is 14.3. The van der Waals surface area contributed by atoms with Crippen molar-refractivity contribution < 1.29 is 18.7 Å². The van der Waals surface area contributed by atoms with Gasteiger partial charge in [-0.1, -0.05) is 23.9 Å². The number of thioether (sulfide) groups is 1. The first-order valence-corrected chi connectivity index (χ1v) is 11.0. The minimum atomic E-state index is -0.427. The van der Waals surface area contributed by atoms with Gasteiger partial charge < -0.3 is 14.8 Å². The standard InChI is InChI=1S/C22H21FN4O3S/c1-13(21(28)24-14-6-9-18-19(12-14)30-11-10-29-18)31-22-26-25-20(27(22)15-7-8-15)16-4-2-3-5-17(16)23/h2-6,9,12-13,15H,7-8,10-11H2,1H3,(H,24,28). The van der Waals surface area contributed by atoms with Gasteiger partial charge in [-0.25, -0.2) is 4.39 Å². The SMILES string of the molecule is CC(Sc1nnc(-c2ccccc2F)n1C1CC1)C(=O)Nc1ccc2c(c1)OCCO2. The number of hydrogen-bond acceptors (Lipinski definition) is 6. The summed E-state index contributed by atoms with van der Waals surface area (Å²) in [5, 5.41) is 11.6. The largest absolute Gasteiger partial charge is 0.486 e. The summed E-state index contributed by atoms with van der Waals surface area (Å²) in [5.41, 5.74) is 1.06. The molecule has 9 heteroatoms. The number of nitrogens with zero attached hydrogens (tertiary/aromatic N) is 3. The summed E-state index contributed by atoms with van der Waals surface area (Å²) < 4.78 is 27.4. The molecule has 3 aromatic rings. The Bertz CT molecular complexity index is 1130. The Labute approximate surface area is 183 Å². The Morgan fingerprint density at radius 3 is 2.71 bits per heavy atom. The lowest BCUT2D eigenvalue weighted by atomic mass is 10.2. The van der Waals surface area contributed by atoms with E-state index >= 15 is 0 Å². The number of halogens is 1. The number of anilines is 1. The van der Waals surface area contributed by atoms with Crippen LogP contribution < -0.4 is 14.8 Å². The van der Waals surface area contributed by atoms with E-state index in [4.69, 9.17) is 9.47 Å². The molecule has 2 aliphatic rings. The average molecular weight is 441 g/mol. The molecule has 5 rings (SSSR count).